The molecule has 5 nitrogen and oxygen atoms in total. The number of carbonyl (C=O) groups is 2. The van der Waals surface area contributed by atoms with Gasteiger partial charge in [0.25, 0.3) is 0 Å². The molecule has 0 spiro atoms. The lowest BCUT2D eigenvalue weighted by atomic mass is 10.0. The highest BCUT2D eigenvalue weighted by atomic mass is 16.6. The molecule has 1 aliphatic rings. The van der Waals surface area contributed by atoms with E-state index in [9.17, 15) is 9.59 Å². The maximum atomic E-state index is 12.4. The summed E-state index contributed by atoms with van der Waals surface area (Å²) in [6.07, 6.45) is 2.52. The molecule has 0 aromatic heterocycles. The van der Waals surface area contributed by atoms with Crippen molar-refractivity contribution in [1.82, 2.24) is 4.90 Å². The fourth-order valence-electron chi connectivity index (χ4n) is 3.25. The molecule has 0 atom stereocenters. The number of fused-ring (bicyclic) bond motifs is 1. The van der Waals surface area contributed by atoms with Gasteiger partial charge in [-0.25, -0.2) is 0 Å². The fraction of sp³-hybridized carbons (Fsp3) is 0.391. The van der Waals surface area contributed by atoms with Crippen molar-refractivity contribution in [3.63, 3.8) is 0 Å². The van der Waals surface area contributed by atoms with Gasteiger partial charge in [-0.2, -0.15) is 0 Å². The molecule has 0 fully saturated rings. The fourth-order valence-corrected chi connectivity index (χ4v) is 3.25. The van der Waals surface area contributed by atoms with Gasteiger partial charge in [0.1, 0.15) is 13.2 Å². The van der Waals surface area contributed by atoms with Crippen LogP contribution in [0.2, 0.25) is 0 Å². The molecular formula is C23H27NO4. The molecule has 0 saturated heterocycles. The molecule has 2 aromatic rings. The van der Waals surface area contributed by atoms with Gasteiger partial charge in [-0.05, 0) is 29.7 Å². The van der Waals surface area contributed by atoms with E-state index in [1.54, 1.807) is 11.9 Å². The highest BCUT2D eigenvalue weighted by Gasteiger charge is 2.16. The number of rotatable bonds is 8. The third-order valence-electron chi connectivity index (χ3n) is 4.83. The van der Waals surface area contributed by atoms with E-state index in [1.165, 1.54) is 5.56 Å². The standard InChI is InChI=1S/C23H27NO4/c1-3-4-17-5-8-19(9-6-17)20(25)10-12-23(26)24(2)16-18-7-11-21-22(15-18)28-14-13-27-21/h5-9,11,15H,3-4,10,12-14,16H2,1-2H3. The molecule has 28 heavy (non-hydrogen) atoms. The Morgan fingerprint density at radius 1 is 0.929 bits per heavy atom. The Balaban J connectivity index is 1.50. The van der Waals surface area contributed by atoms with Gasteiger partial charge in [-0.1, -0.05) is 43.7 Å². The van der Waals surface area contributed by atoms with Crippen molar-refractivity contribution in [1.29, 1.82) is 0 Å². The van der Waals surface area contributed by atoms with E-state index in [1.807, 2.05) is 42.5 Å². The summed E-state index contributed by atoms with van der Waals surface area (Å²) < 4.78 is 11.1. The van der Waals surface area contributed by atoms with Crippen LogP contribution in [0.5, 0.6) is 11.5 Å². The van der Waals surface area contributed by atoms with E-state index >= 15 is 0 Å². The molecule has 0 bridgehead atoms. The second-order valence-corrected chi connectivity index (χ2v) is 7.10. The maximum absolute atomic E-state index is 12.4. The number of ether oxygens (including phenoxy) is 2. The zero-order valence-electron chi connectivity index (χ0n) is 16.6. The predicted molar refractivity (Wildman–Crippen MR) is 108 cm³/mol. The van der Waals surface area contributed by atoms with Crippen molar-refractivity contribution in [3.05, 3.63) is 59.2 Å². The first-order chi connectivity index (χ1) is 13.6. The third-order valence-corrected chi connectivity index (χ3v) is 4.83. The van der Waals surface area contributed by atoms with Gasteiger partial charge in [0.2, 0.25) is 5.91 Å². The summed E-state index contributed by atoms with van der Waals surface area (Å²) in [7, 11) is 1.75. The molecule has 2 aromatic carbocycles. The number of amides is 1. The van der Waals surface area contributed by atoms with E-state index in [0.717, 1.165) is 24.2 Å². The van der Waals surface area contributed by atoms with Crippen LogP contribution in [0.15, 0.2) is 42.5 Å². The second-order valence-electron chi connectivity index (χ2n) is 7.10. The highest BCUT2D eigenvalue weighted by Crippen LogP contribution is 2.31. The molecule has 3 rings (SSSR count). The van der Waals surface area contributed by atoms with Crippen LogP contribution in [0.25, 0.3) is 0 Å². The van der Waals surface area contributed by atoms with Crippen molar-refractivity contribution in [3.8, 4) is 11.5 Å². The van der Waals surface area contributed by atoms with Crippen molar-refractivity contribution < 1.29 is 19.1 Å². The molecule has 148 valence electrons. The van der Waals surface area contributed by atoms with Crippen LogP contribution in [0.4, 0.5) is 0 Å². The normalized spacial score (nSPS) is 12.5. The average molecular weight is 381 g/mol. The average Bonchev–Trinajstić information content (AvgIpc) is 2.72. The van der Waals surface area contributed by atoms with Crippen LogP contribution in [0.3, 0.4) is 0 Å². The van der Waals surface area contributed by atoms with Crippen molar-refractivity contribution in [2.75, 3.05) is 20.3 Å². The molecule has 0 unspecified atom stereocenters. The lowest BCUT2D eigenvalue weighted by Crippen LogP contribution is -2.26. The summed E-state index contributed by atoms with van der Waals surface area (Å²) >= 11 is 0. The van der Waals surface area contributed by atoms with Crippen LogP contribution in [0.1, 0.15) is 47.7 Å². The van der Waals surface area contributed by atoms with Crippen LogP contribution < -0.4 is 9.47 Å². The number of Topliss-reactive ketones (excluding diaryl/α,β-unsaturated/α-hetero) is 1. The molecule has 1 heterocycles. The highest BCUT2D eigenvalue weighted by molar-refractivity contribution is 5.97. The first kappa shape index (κ1) is 19.9. The molecule has 0 aliphatic carbocycles. The van der Waals surface area contributed by atoms with Gasteiger partial charge in [0, 0.05) is 32.0 Å². The number of hydrogen-bond donors (Lipinski definition) is 0. The lowest BCUT2D eigenvalue weighted by Gasteiger charge is -2.21. The van der Waals surface area contributed by atoms with Gasteiger partial charge in [-0.3, -0.25) is 9.59 Å². The van der Waals surface area contributed by atoms with Gasteiger partial charge in [0.05, 0.1) is 0 Å². The van der Waals surface area contributed by atoms with Gasteiger partial charge in [0.15, 0.2) is 17.3 Å². The topological polar surface area (TPSA) is 55.8 Å². The Labute approximate surface area is 166 Å². The zero-order valence-corrected chi connectivity index (χ0v) is 16.6. The van der Waals surface area contributed by atoms with Crippen molar-refractivity contribution in [2.24, 2.45) is 0 Å². The first-order valence-electron chi connectivity index (χ1n) is 9.81. The van der Waals surface area contributed by atoms with Crippen LogP contribution in [-0.4, -0.2) is 36.9 Å². The van der Waals surface area contributed by atoms with Crippen molar-refractivity contribution in [2.45, 2.75) is 39.2 Å². The summed E-state index contributed by atoms with van der Waals surface area (Å²) in [5, 5.41) is 0. The third kappa shape index (κ3) is 5.12. The number of hydrogen-bond acceptors (Lipinski definition) is 4. The Kier molecular flexibility index (Phi) is 6.69. The summed E-state index contributed by atoms with van der Waals surface area (Å²) in [6.45, 7) is 3.69. The Hall–Kier alpha value is -2.82. The first-order valence-corrected chi connectivity index (χ1v) is 9.81. The quantitative estimate of drug-likeness (QED) is 0.648. The SMILES string of the molecule is CCCc1ccc(C(=O)CCC(=O)N(C)Cc2ccc3c(c2)OCCO3)cc1. The second kappa shape index (κ2) is 9.40. The molecule has 0 radical (unpaired) electrons. The van der Waals surface area contributed by atoms with E-state index in [4.69, 9.17) is 9.47 Å². The Bertz CT molecular complexity index is 829. The molecule has 5 heteroatoms. The summed E-state index contributed by atoms with van der Waals surface area (Å²) in [5.41, 5.74) is 2.87. The minimum absolute atomic E-state index is 0.00382. The van der Waals surface area contributed by atoms with Crippen LogP contribution in [0, 0.1) is 0 Å². The van der Waals surface area contributed by atoms with Gasteiger partial charge in [-0.15, -0.1) is 0 Å². The lowest BCUT2D eigenvalue weighted by molar-refractivity contribution is -0.130. The zero-order chi connectivity index (χ0) is 19.9. The number of benzene rings is 2. The van der Waals surface area contributed by atoms with E-state index in [2.05, 4.69) is 6.92 Å². The smallest absolute Gasteiger partial charge is 0.223 e. The number of aryl methyl sites for hydroxylation is 1. The van der Waals surface area contributed by atoms with Crippen LogP contribution >= 0.6 is 0 Å². The van der Waals surface area contributed by atoms with Gasteiger partial charge >= 0.3 is 0 Å². The van der Waals surface area contributed by atoms with Crippen LogP contribution in [-0.2, 0) is 17.8 Å². The number of carbonyl (C=O) groups excluding carboxylic acids is 2. The maximum Gasteiger partial charge on any atom is 0.223 e. The van der Waals surface area contributed by atoms with E-state index in [0.29, 0.717) is 31.1 Å². The number of nitrogens with zero attached hydrogens (tertiary/aromatic N) is 1. The molecular weight excluding hydrogens is 354 g/mol. The van der Waals surface area contributed by atoms with E-state index < -0.39 is 0 Å². The van der Waals surface area contributed by atoms with Gasteiger partial charge < -0.3 is 14.4 Å². The molecule has 0 N–H and O–H groups in total. The Morgan fingerprint density at radius 3 is 2.32 bits per heavy atom. The summed E-state index contributed by atoms with van der Waals surface area (Å²) in [5.74, 6) is 1.40. The molecule has 1 amide bonds. The Morgan fingerprint density at radius 2 is 1.61 bits per heavy atom. The van der Waals surface area contributed by atoms with Crippen molar-refractivity contribution >= 4 is 11.7 Å². The molecule has 1 aliphatic heterocycles. The minimum atomic E-state index is -0.0501. The minimum Gasteiger partial charge on any atom is -0.486 e. The summed E-state index contributed by atoms with van der Waals surface area (Å²) in [6, 6.07) is 13.4. The predicted octanol–water partition coefficient (Wildman–Crippen LogP) is 4.03. The summed E-state index contributed by atoms with van der Waals surface area (Å²) in [4.78, 5) is 26.4. The largest absolute Gasteiger partial charge is 0.486 e. The molecule has 0 saturated carbocycles. The number of ketones is 1. The monoisotopic (exact) mass is 381 g/mol. The van der Waals surface area contributed by atoms with E-state index in [-0.39, 0.29) is 24.5 Å².